The molecular formula is C34H35FN10O3S2. The summed E-state index contributed by atoms with van der Waals surface area (Å²) in [5.41, 5.74) is 11.7. The van der Waals surface area contributed by atoms with Crippen LogP contribution in [0.15, 0.2) is 47.6 Å². The normalized spacial score (nSPS) is 10.8. The number of azide groups is 1. The first-order chi connectivity index (χ1) is 24.2. The van der Waals surface area contributed by atoms with Crippen LogP contribution in [0.1, 0.15) is 51.3 Å². The number of ether oxygens (including phenoxy) is 1. The predicted octanol–water partition coefficient (Wildman–Crippen LogP) is 7.73. The molecule has 0 aliphatic carbocycles. The van der Waals surface area contributed by atoms with E-state index in [1.165, 1.54) is 28.7 Å². The van der Waals surface area contributed by atoms with Crippen molar-refractivity contribution < 1.29 is 19.0 Å². The van der Waals surface area contributed by atoms with Crippen molar-refractivity contribution in [1.29, 1.82) is 0 Å². The third-order valence-corrected chi connectivity index (χ3v) is 9.33. The molecule has 0 unspecified atom stereocenters. The van der Waals surface area contributed by atoms with E-state index < -0.39 is 11.8 Å². The lowest BCUT2D eigenvalue weighted by molar-refractivity contribution is 0.0690. The number of carboxylic acid groups (broad SMARTS) is 1. The molecule has 0 aliphatic rings. The number of carboxylic acids is 1. The van der Waals surface area contributed by atoms with Gasteiger partial charge in [0.25, 0.3) is 0 Å². The Bertz CT molecular complexity index is 2050. The number of nitrogens with zero attached hydrogens (tertiary/aromatic N) is 8. The largest absolute Gasteiger partial charge is 0.491 e. The number of fused-ring (bicyclic) bond motifs is 1. The number of unbranched alkanes of at least 4 members (excludes halogenated alkanes) is 1. The van der Waals surface area contributed by atoms with E-state index in [1.807, 2.05) is 50.2 Å². The number of rotatable bonds is 16. The van der Waals surface area contributed by atoms with E-state index in [2.05, 4.69) is 52.7 Å². The molecule has 0 atom stereocenters. The van der Waals surface area contributed by atoms with Gasteiger partial charge in [-0.2, -0.15) is 0 Å². The van der Waals surface area contributed by atoms with Crippen LogP contribution in [0, 0.1) is 24.6 Å². The summed E-state index contributed by atoms with van der Waals surface area (Å²) in [6.07, 6.45) is 2.79. The summed E-state index contributed by atoms with van der Waals surface area (Å²) >= 11 is 2.71. The van der Waals surface area contributed by atoms with E-state index in [-0.39, 0.29) is 18.1 Å². The fraction of sp³-hybridized carbons (Fsp3) is 0.324. The molecule has 0 bridgehead atoms. The zero-order chi connectivity index (χ0) is 35.5. The van der Waals surface area contributed by atoms with Crippen molar-refractivity contribution >= 4 is 60.8 Å². The highest BCUT2D eigenvalue weighted by Crippen LogP contribution is 2.33. The van der Waals surface area contributed by atoms with E-state index in [9.17, 15) is 14.3 Å². The Morgan fingerprint density at radius 2 is 1.84 bits per heavy atom. The van der Waals surface area contributed by atoms with Gasteiger partial charge in [-0.1, -0.05) is 40.4 Å². The molecule has 3 heterocycles. The van der Waals surface area contributed by atoms with Gasteiger partial charge >= 0.3 is 5.97 Å². The Balaban J connectivity index is 1.28. The molecule has 2 aromatic carbocycles. The quantitative estimate of drug-likeness (QED) is 0.0302. The number of carbonyl (C=O) groups is 1. The van der Waals surface area contributed by atoms with Crippen LogP contribution in [-0.2, 0) is 12.8 Å². The lowest BCUT2D eigenvalue weighted by Crippen LogP contribution is -2.10. The lowest BCUT2D eigenvalue weighted by atomic mass is 10.0. The van der Waals surface area contributed by atoms with Crippen LogP contribution in [0.25, 0.3) is 20.7 Å². The summed E-state index contributed by atoms with van der Waals surface area (Å²) in [6, 6.07) is 12.4. The number of aromatic nitrogens is 4. The molecule has 16 heteroatoms. The number of halogens is 1. The Morgan fingerprint density at radius 3 is 2.60 bits per heavy atom. The highest BCUT2D eigenvalue weighted by molar-refractivity contribution is 7.22. The van der Waals surface area contributed by atoms with Gasteiger partial charge < -0.3 is 20.5 Å². The van der Waals surface area contributed by atoms with E-state index in [0.717, 1.165) is 27.8 Å². The monoisotopic (exact) mass is 714 g/mol. The van der Waals surface area contributed by atoms with Gasteiger partial charge in [0.2, 0.25) is 0 Å². The molecule has 0 spiro atoms. The van der Waals surface area contributed by atoms with Gasteiger partial charge in [0.15, 0.2) is 39.2 Å². The molecule has 0 saturated heterocycles. The highest BCUT2D eigenvalue weighted by atomic mass is 32.1. The van der Waals surface area contributed by atoms with Gasteiger partial charge in [0.1, 0.15) is 0 Å². The van der Waals surface area contributed by atoms with E-state index in [0.29, 0.717) is 71.1 Å². The summed E-state index contributed by atoms with van der Waals surface area (Å²) in [4.78, 5) is 26.4. The predicted molar refractivity (Wildman–Crippen MR) is 195 cm³/mol. The number of nitrogens with one attached hydrogen (secondary N) is 2. The molecule has 3 aromatic heterocycles. The third-order valence-electron chi connectivity index (χ3n) is 7.35. The number of hydrogen-bond acceptors (Lipinski definition) is 12. The molecule has 5 rings (SSSR count). The first kappa shape index (κ1) is 36.0. The molecule has 0 aliphatic heterocycles. The molecule has 0 saturated carbocycles. The fourth-order valence-electron chi connectivity index (χ4n) is 4.89. The van der Waals surface area contributed by atoms with Gasteiger partial charge in [0, 0.05) is 33.0 Å². The van der Waals surface area contributed by atoms with Crippen molar-refractivity contribution in [1.82, 2.24) is 25.1 Å². The van der Waals surface area contributed by atoms with Crippen LogP contribution >= 0.6 is 22.7 Å². The maximum atomic E-state index is 14.6. The van der Waals surface area contributed by atoms with E-state index >= 15 is 0 Å². The summed E-state index contributed by atoms with van der Waals surface area (Å²) in [7, 11) is 3.81. The smallest absolute Gasteiger partial charge is 0.355 e. The van der Waals surface area contributed by atoms with Crippen molar-refractivity contribution in [3.8, 4) is 17.6 Å². The van der Waals surface area contributed by atoms with Gasteiger partial charge in [0.05, 0.1) is 23.4 Å². The Kier molecular flexibility index (Phi) is 12.5. The second-order valence-corrected chi connectivity index (χ2v) is 13.5. The molecular weight excluding hydrogens is 680 g/mol. The van der Waals surface area contributed by atoms with Crippen molar-refractivity contribution in [3.63, 3.8) is 0 Å². The minimum absolute atomic E-state index is 0.0703. The Hall–Kier alpha value is -5.33. The second-order valence-electron chi connectivity index (χ2n) is 11.4. The topological polar surface area (TPSA) is 174 Å². The highest BCUT2D eigenvalue weighted by Gasteiger charge is 2.21. The number of para-hydroxylation sites is 1. The molecule has 50 heavy (non-hydrogen) atoms. The van der Waals surface area contributed by atoms with Crippen molar-refractivity contribution in [2.45, 2.75) is 39.0 Å². The molecule has 0 fully saturated rings. The van der Waals surface area contributed by atoms with Crippen LogP contribution < -0.4 is 15.4 Å². The molecule has 13 nitrogen and oxygen atoms in total. The minimum atomic E-state index is -1.15. The molecule has 0 radical (unpaired) electrons. The summed E-state index contributed by atoms with van der Waals surface area (Å²) in [5, 5.41) is 29.9. The molecule has 258 valence electrons. The minimum Gasteiger partial charge on any atom is -0.491 e. The lowest BCUT2D eigenvalue weighted by Gasteiger charge is -2.14. The Morgan fingerprint density at radius 1 is 1.06 bits per heavy atom. The number of benzene rings is 2. The van der Waals surface area contributed by atoms with Crippen molar-refractivity contribution in [2.75, 3.05) is 44.4 Å². The molecule has 5 aromatic rings. The maximum Gasteiger partial charge on any atom is 0.355 e. The average Bonchev–Trinajstić information content (AvgIpc) is 3.69. The molecule has 0 amide bonds. The van der Waals surface area contributed by atoms with Crippen molar-refractivity contribution in [2.24, 2.45) is 5.11 Å². The van der Waals surface area contributed by atoms with Gasteiger partial charge in [-0.05, 0) is 89.0 Å². The van der Waals surface area contributed by atoms with Gasteiger partial charge in [-0.25, -0.2) is 19.2 Å². The SMILES string of the molecule is Cc1c(Nc2nc3ccccc3s2)nnc(Nc2nc(C(=O)O)c(CCCOc3ccc(C#CCN(C)C)cc3F)s2)c1CCCCN=[N+]=[N-]. The van der Waals surface area contributed by atoms with Gasteiger partial charge in [-0.3, -0.25) is 4.90 Å². The fourth-order valence-corrected chi connectivity index (χ4v) is 6.75. The average molecular weight is 715 g/mol. The third kappa shape index (κ3) is 9.64. The summed E-state index contributed by atoms with van der Waals surface area (Å²) in [6.45, 7) is 3.05. The summed E-state index contributed by atoms with van der Waals surface area (Å²) < 4.78 is 21.3. The van der Waals surface area contributed by atoms with Crippen LogP contribution in [0.5, 0.6) is 5.75 Å². The first-order valence-corrected chi connectivity index (χ1v) is 17.4. The number of aromatic carboxylic acids is 1. The van der Waals surface area contributed by atoms with Crippen molar-refractivity contribution in [3.05, 3.63) is 86.0 Å². The zero-order valence-electron chi connectivity index (χ0n) is 27.7. The van der Waals surface area contributed by atoms with Crippen LogP contribution in [0.4, 0.5) is 26.3 Å². The van der Waals surface area contributed by atoms with Crippen LogP contribution in [0.3, 0.4) is 0 Å². The zero-order valence-corrected chi connectivity index (χ0v) is 29.4. The van der Waals surface area contributed by atoms with E-state index in [4.69, 9.17) is 10.3 Å². The summed E-state index contributed by atoms with van der Waals surface area (Å²) in [5.74, 6) is 5.34. The Labute approximate surface area is 296 Å². The van der Waals surface area contributed by atoms with Crippen LogP contribution in [-0.4, -0.2) is 69.9 Å². The standard InChI is InChI=1S/C34H35FN10O3S2/c1-21-23(11-6-7-17-37-44-36)31(43-42-30(21)40-33-38-25-12-4-5-13-27(25)49-33)41-34-39-29(32(46)47)28(50-34)14-9-19-48-26-16-15-22(20-24(26)35)10-8-18-45(2)3/h4-5,12-13,15-16,20H,6-7,9,11,14,17-19H2,1-3H3,(H,46,47)(H,38,40,42)(H,39,41,43). The second kappa shape index (κ2) is 17.4. The van der Waals surface area contributed by atoms with E-state index in [1.54, 1.807) is 12.1 Å². The number of hydrogen-bond donors (Lipinski definition) is 3. The molecule has 3 N–H and O–H groups in total. The van der Waals surface area contributed by atoms with Gasteiger partial charge in [-0.15, -0.1) is 21.5 Å². The number of thiazole rings is 2. The maximum absolute atomic E-state index is 14.6. The number of aryl methyl sites for hydroxylation is 1. The van der Waals surface area contributed by atoms with Crippen LogP contribution in [0.2, 0.25) is 0 Å². The first-order valence-electron chi connectivity index (χ1n) is 15.8. The number of anilines is 4.